The first-order valence-corrected chi connectivity index (χ1v) is 10.8. The van der Waals surface area contributed by atoms with Crippen molar-refractivity contribution in [2.75, 3.05) is 0 Å². The molecule has 7 heteroatoms. The summed E-state index contributed by atoms with van der Waals surface area (Å²) in [7, 11) is -3.76. The van der Waals surface area contributed by atoms with Gasteiger partial charge in [0.1, 0.15) is 17.3 Å². The normalized spacial score (nSPS) is 11.8. The number of H-pyrrole nitrogens is 1. The SMILES string of the molecule is NS(=O)(=O)c1ccc2nc(-c3ccc(Oc4ccc5ccccc5c4)cc3)[nH]c2c1. The van der Waals surface area contributed by atoms with Gasteiger partial charge in [-0.05, 0) is 65.4 Å². The lowest BCUT2D eigenvalue weighted by Gasteiger charge is -2.07. The van der Waals surface area contributed by atoms with Gasteiger partial charge in [0.2, 0.25) is 10.0 Å². The summed E-state index contributed by atoms with van der Waals surface area (Å²) in [4.78, 5) is 7.71. The number of primary sulfonamides is 1. The van der Waals surface area contributed by atoms with E-state index in [2.05, 4.69) is 16.0 Å². The second-order valence-corrected chi connectivity index (χ2v) is 8.51. The van der Waals surface area contributed by atoms with Gasteiger partial charge in [-0.3, -0.25) is 0 Å². The van der Waals surface area contributed by atoms with Crippen molar-refractivity contribution in [3.05, 3.63) is 84.9 Å². The molecule has 1 heterocycles. The molecule has 0 unspecified atom stereocenters. The maximum atomic E-state index is 11.5. The van der Waals surface area contributed by atoms with Crippen LogP contribution >= 0.6 is 0 Å². The summed E-state index contributed by atoms with van der Waals surface area (Å²) in [5, 5.41) is 7.48. The Morgan fingerprint density at radius 2 is 1.53 bits per heavy atom. The number of rotatable bonds is 4. The predicted octanol–water partition coefficient (Wildman–Crippen LogP) is 4.82. The number of ether oxygens (including phenoxy) is 1. The van der Waals surface area contributed by atoms with Gasteiger partial charge in [0, 0.05) is 5.56 Å². The van der Waals surface area contributed by atoms with Crippen molar-refractivity contribution in [2.45, 2.75) is 4.90 Å². The Morgan fingerprint density at radius 3 is 2.30 bits per heavy atom. The van der Waals surface area contributed by atoms with Crippen LogP contribution in [0.5, 0.6) is 11.5 Å². The average molecular weight is 415 g/mol. The summed E-state index contributed by atoms with van der Waals surface area (Å²) in [5.41, 5.74) is 2.12. The van der Waals surface area contributed by atoms with Crippen molar-refractivity contribution in [3.8, 4) is 22.9 Å². The molecular weight excluding hydrogens is 398 g/mol. The molecule has 30 heavy (non-hydrogen) atoms. The smallest absolute Gasteiger partial charge is 0.238 e. The Morgan fingerprint density at radius 1 is 0.800 bits per heavy atom. The molecule has 0 fully saturated rings. The van der Waals surface area contributed by atoms with Gasteiger partial charge in [-0.15, -0.1) is 0 Å². The number of nitrogens with zero attached hydrogens (tertiary/aromatic N) is 1. The molecule has 0 aliphatic heterocycles. The van der Waals surface area contributed by atoms with E-state index in [-0.39, 0.29) is 4.90 Å². The molecule has 0 aliphatic rings. The van der Waals surface area contributed by atoms with E-state index < -0.39 is 10.0 Å². The van der Waals surface area contributed by atoms with E-state index in [1.54, 1.807) is 6.07 Å². The van der Waals surface area contributed by atoms with Gasteiger partial charge < -0.3 is 9.72 Å². The highest BCUT2D eigenvalue weighted by atomic mass is 32.2. The molecule has 0 radical (unpaired) electrons. The van der Waals surface area contributed by atoms with Gasteiger partial charge in [0.25, 0.3) is 0 Å². The summed E-state index contributed by atoms with van der Waals surface area (Å²) < 4.78 is 29.1. The number of benzene rings is 4. The van der Waals surface area contributed by atoms with Crippen LogP contribution in [0.25, 0.3) is 33.2 Å². The van der Waals surface area contributed by atoms with Gasteiger partial charge in [-0.1, -0.05) is 30.3 Å². The number of aromatic amines is 1. The number of aromatic nitrogens is 2. The molecule has 148 valence electrons. The van der Waals surface area contributed by atoms with Crippen molar-refractivity contribution in [2.24, 2.45) is 5.14 Å². The molecule has 5 rings (SSSR count). The van der Waals surface area contributed by atoms with Gasteiger partial charge in [-0.25, -0.2) is 18.5 Å². The first kappa shape index (κ1) is 18.4. The molecule has 6 nitrogen and oxygen atoms in total. The summed E-state index contributed by atoms with van der Waals surface area (Å²) in [5.74, 6) is 2.11. The van der Waals surface area contributed by atoms with Gasteiger partial charge >= 0.3 is 0 Å². The van der Waals surface area contributed by atoms with E-state index in [9.17, 15) is 8.42 Å². The van der Waals surface area contributed by atoms with Crippen LogP contribution in [0.15, 0.2) is 89.8 Å². The molecule has 0 spiro atoms. The van der Waals surface area contributed by atoms with Gasteiger partial charge in [-0.2, -0.15) is 0 Å². The monoisotopic (exact) mass is 415 g/mol. The van der Waals surface area contributed by atoms with Crippen LogP contribution in [0.2, 0.25) is 0 Å². The van der Waals surface area contributed by atoms with Crippen LogP contribution in [0.4, 0.5) is 0 Å². The first-order valence-electron chi connectivity index (χ1n) is 9.25. The van der Waals surface area contributed by atoms with Crippen molar-refractivity contribution in [1.82, 2.24) is 9.97 Å². The molecule has 4 aromatic carbocycles. The summed E-state index contributed by atoms with van der Waals surface area (Å²) >= 11 is 0. The maximum absolute atomic E-state index is 11.5. The molecule has 0 amide bonds. The fourth-order valence-corrected chi connectivity index (χ4v) is 3.89. The highest BCUT2D eigenvalue weighted by Gasteiger charge is 2.11. The molecule has 0 saturated carbocycles. The number of nitrogens with one attached hydrogen (secondary N) is 1. The minimum Gasteiger partial charge on any atom is -0.457 e. The van der Waals surface area contributed by atoms with Crippen molar-refractivity contribution >= 4 is 31.8 Å². The summed E-state index contributed by atoms with van der Waals surface area (Å²) in [6.45, 7) is 0. The van der Waals surface area contributed by atoms with Gasteiger partial charge in [0.15, 0.2) is 0 Å². The lowest BCUT2D eigenvalue weighted by Crippen LogP contribution is -2.11. The molecule has 5 aromatic rings. The zero-order valence-electron chi connectivity index (χ0n) is 15.7. The van der Waals surface area contributed by atoms with Crippen LogP contribution < -0.4 is 9.88 Å². The Balaban J connectivity index is 1.41. The number of sulfonamides is 1. The van der Waals surface area contributed by atoms with Crippen LogP contribution in [0.1, 0.15) is 0 Å². The minimum atomic E-state index is -3.76. The fraction of sp³-hybridized carbons (Fsp3) is 0. The van der Waals surface area contributed by atoms with Crippen molar-refractivity contribution < 1.29 is 13.2 Å². The largest absolute Gasteiger partial charge is 0.457 e. The third kappa shape index (κ3) is 3.52. The summed E-state index contributed by atoms with van der Waals surface area (Å²) in [6, 6.07) is 26.2. The van der Waals surface area contributed by atoms with E-state index >= 15 is 0 Å². The molecule has 0 atom stereocenters. The van der Waals surface area contributed by atoms with Crippen LogP contribution in [0, 0.1) is 0 Å². The molecule has 3 N–H and O–H groups in total. The van der Waals surface area contributed by atoms with E-state index in [4.69, 9.17) is 9.88 Å². The second kappa shape index (κ2) is 6.98. The molecule has 0 aliphatic carbocycles. The predicted molar refractivity (Wildman–Crippen MR) is 117 cm³/mol. The molecule has 0 bridgehead atoms. The summed E-state index contributed by atoms with van der Waals surface area (Å²) in [6.07, 6.45) is 0. The fourth-order valence-electron chi connectivity index (χ4n) is 3.35. The zero-order valence-corrected chi connectivity index (χ0v) is 16.6. The Hall–Kier alpha value is -3.68. The van der Waals surface area contributed by atoms with Crippen molar-refractivity contribution in [3.63, 3.8) is 0 Å². The highest BCUT2D eigenvalue weighted by molar-refractivity contribution is 7.89. The van der Waals surface area contributed by atoms with Crippen LogP contribution in [-0.4, -0.2) is 18.4 Å². The lowest BCUT2D eigenvalue weighted by atomic mass is 10.1. The second-order valence-electron chi connectivity index (χ2n) is 6.94. The maximum Gasteiger partial charge on any atom is 0.238 e. The van der Waals surface area contributed by atoms with E-state index in [0.717, 1.165) is 22.1 Å². The van der Waals surface area contributed by atoms with E-state index in [0.29, 0.717) is 22.6 Å². The van der Waals surface area contributed by atoms with Crippen LogP contribution in [0.3, 0.4) is 0 Å². The van der Waals surface area contributed by atoms with Gasteiger partial charge in [0.05, 0.1) is 15.9 Å². The Labute approximate surface area is 173 Å². The van der Waals surface area contributed by atoms with E-state index in [1.165, 1.54) is 12.1 Å². The number of nitrogens with two attached hydrogens (primary N) is 1. The number of hydrogen-bond acceptors (Lipinski definition) is 4. The standard InChI is InChI=1S/C23H17N3O3S/c24-30(27,28)20-11-12-21-22(14-20)26-23(25-21)16-6-8-18(9-7-16)29-19-10-5-15-3-1-2-4-17(15)13-19/h1-14H,(H,25,26)(H2,24,27,28). The average Bonchev–Trinajstić information content (AvgIpc) is 3.17. The lowest BCUT2D eigenvalue weighted by molar-refractivity contribution is 0.483. The molecule has 1 aromatic heterocycles. The van der Waals surface area contributed by atoms with Crippen LogP contribution in [-0.2, 0) is 10.0 Å². The number of fused-ring (bicyclic) bond motifs is 2. The quantitative estimate of drug-likeness (QED) is 0.439. The zero-order chi connectivity index (χ0) is 20.7. The number of imidazole rings is 1. The van der Waals surface area contributed by atoms with Crippen molar-refractivity contribution in [1.29, 1.82) is 0 Å². The number of hydrogen-bond donors (Lipinski definition) is 2. The Kier molecular flexibility index (Phi) is 4.27. The topological polar surface area (TPSA) is 98.1 Å². The third-order valence-electron chi connectivity index (χ3n) is 4.87. The van der Waals surface area contributed by atoms with E-state index in [1.807, 2.05) is 60.7 Å². The molecule has 0 saturated heterocycles. The Bertz CT molecular complexity index is 1490. The minimum absolute atomic E-state index is 0.0457. The molecular formula is C23H17N3O3S. The highest BCUT2D eigenvalue weighted by Crippen LogP contribution is 2.28. The first-order chi connectivity index (χ1) is 14.5. The third-order valence-corrected chi connectivity index (χ3v) is 5.78.